The Bertz CT molecular complexity index is 3670. The van der Waals surface area contributed by atoms with E-state index in [-0.39, 0.29) is 10.9 Å². The lowest BCUT2D eigenvalue weighted by molar-refractivity contribution is 0.600. The minimum Gasteiger partial charge on any atom is -0.340 e. The molecule has 0 aliphatic heterocycles. The molecule has 0 saturated heterocycles. The molecule has 70 heavy (non-hydrogen) atoms. The Balaban J connectivity index is 1.12. The summed E-state index contributed by atoms with van der Waals surface area (Å²) in [4.78, 5) is 35.4. The molecule has 0 N–H and O–H groups in total. The second kappa shape index (κ2) is 19.7. The van der Waals surface area contributed by atoms with Crippen molar-refractivity contribution in [2.24, 2.45) is 5.92 Å². The first-order valence-corrected chi connectivity index (χ1v) is 25.5. The van der Waals surface area contributed by atoms with Gasteiger partial charge in [-0.15, -0.1) is 0 Å². The minimum absolute atomic E-state index is 0.0129. The number of hydrogen-bond donors (Lipinski definition) is 0. The van der Waals surface area contributed by atoms with Gasteiger partial charge in [0.15, 0.2) is 10.9 Å². The Morgan fingerprint density at radius 2 is 0.971 bits per heavy atom. The third-order valence-electron chi connectivity index (χ3n) is 14.6. The number of allylic oxidation sites excluding steroid dienone is 8. The van der Waals surface area contributed by atoms with Gasteiger partial charge in [0.1, 0.15) is 0 Å². The van der Waals surface area contributed by atoms with E-state index in [4.69, 9.17) is 0 Å². The van der Waals surface area contributed by atoms with E-state index in [1.807, 2.05) is 12.1 Å². The number of aromatic nitrogens is 2. The highest BCUT2D eigenvalue weighted by molar-refractivity contribution is 6.05. The molecule has 6 heteroatoms. The van der Waals surface area contributed by atoms with Crippen LogP contribution in [-0.4, -0.2) is 9.13 Å². The zero-order valence-electron chi connectivity index (χ0n) is 40.4. The van der Waals surface area contributed by atoms with Crippen molar-refractivity contribution < 1.29 is 0 Å². The lowest BCUT2D eigenvalue weighted by Gasteiger charge is -2.32. The van der Waals surface area contributed by atoms with Gasteiger partial charge in [0.2, 0.25) is 0 Å². The maximum atomic E-state index is 15.4. The molecule has 2 aliphatic carbocycles. The average molecular weight is 917 g/mol. The quantitative estimate of drug-likeness (QED) is 0.0716. The second-order valence-electron chi connectivity index (χ2n) is 19.1. The van der Waals surface area contributed by atoms with Gasteiger partial charge in [-0.3, -0.25) is 9.59 Å². The Labute approximate surface area is 410 Å². The molecule has 11 rings (SSSR count). The SMILES string of the molecule is CCCCCCn1c2ccc(N(C3=CC=C4C=CC=CC4C3)c3ccccc3)cc2c(=O)c2cc3c(cc21)c(=O)c1cc(N(c2ccccc2)c2ccc4ccccc4c2)ccc1n3CCCCCC. The fourth-order valence-electron chi connectivity index (χ4n) is 11.0. The lowest BCUT2D eigenvalue weighted by Crippen LogP contribution is -2.22. The number of rotatable bonds is 16. The fourth-order valence-corrected chi connectivity index (χ4v) is 11.0. The minimum atomic E-state index is -0.0229. The largest absolute Gasteiger partial charge is 0.340 e. The zero-order chi connectivity index (χ0) is 47.6. The van der Waals surface area contributed by atoms with Gasteiger partial charge in [-0.05, 0) is 127 Å². The van der Waals surface area contributed by atoms with Crippen molar-refractivity contribution in [2.75, 3.05) is 9.80 Å². The third kappa shape index (κ3) is 8.46. The molecule has 9 aromatic rings. The Morgan fingerprint density at radius 1 is 0.457 bits per heavy atom. The number of aryl methyl sites for hydroxylation is 2. The van der Waals surface area contributed by atoms with Crippen molar-refractivity contribution in [1.82, 2.24) is 9.13 Å². The van der Waals surface area contributed by atoms with E-state index in [0.717, 1.165) is 127 Å². The van der Waals surface area contributed by atoms with Crippen LogP contribution in [0.5, 0.6) is 0 Å². The summed E-state index contributed by atoms with van der Waals surface area (Å²) in [6.45, 7) is 5.94. The zero-order valence-corrected chi connectivity index (χ0v) is 40.4. The normalized spacial score (nSPS) is 14.4. The number of unbranched alkanes of at least 4 members (excludes halogenated alkanes) is 6. The van der Waals surface area contributed by atoms with Gasteiger partial charge in [0, 0.05) is 74.7 Å². The Morgan fingerprint density at radius 3 is 1.57 bits per heavy atom. The highest BCUT2D eigenvalue weighted by Crippen LogP contribution is 2.41. The van der Waals surface area contributed by atoms with Gasteiger partial charge >= 0.3 is 0 Å². The van der Waals surface area contributed by atoms with E-state index < -0.39 is 0 Å². The van der Waals surface area contributed by atoms with Crippen LogP contribution in [0, 0.1) is 5.92 Å². The maximum Gasteiger partial charge on any atom is 0.197 e. The van der Waals surface area contributed by atoms with Crippen LogP contribution in [0.3, 0.4) is 0 Å². The van der Waals surface area contributed by atoms with E-state index in [2.05, 4.69) is 209 Å². The molecule has 7 aromatic carbocycles. The van der Waals surface area contributed by atoms with Crippen LogP contribution in [0.4, 0.5) is 28.4 Å². The van der Waals surface area contributed by atoms with Crippen LogP contribution < -0.4 is 20.7 Å². The summed E-state index contributed by atoms with van der Waals surface area (Å²) in [6, 6.07) is 52.8. The van der Waals surface area contributed by atoms with Crippen molar-refractivity contribution in [3.8, 4) is 0 Å². The van der Waals surface area contributed by atoms with Crippen LogP contribution in [0.1, 0.15) is 71.6 Å². The first-order chi connectivity index (χ1) is 34.5. The maximum absolute atomic E-state index is 15.4. The molecular formula is C64H60N4O2. The molecule has 348 valence electrons. The predicted molar refractivity (Wildman–Crippen MR) is 297 cm³/mol. The number of fused-ring (bicyclic) bond motifs is 6. The molecule has 6 nitrogen and oxygen atoms in total. The van der Waals surface area contributed by atoms with E-state index in [1.165, 1.54) is 16.7 Å². The average Bonchev–Trinajstić information content (AvgIpc) is 3.41. The summed E-state index contributed by atoms with van der Waals surface area (Å²) >= 11 is 0. The Hall–Kier alpha value is -7.70. The summed E-state index contributed by atoms with van der Waals surface area (Å²) < 4.78 is 4.65. The molecule has 2 aliphatic rings. The van der Waals surface area contributed by atoms with Gasteiger partial charge in [-0.25, -0.2) is 0 Å². The van der Waals surface area contributed by atoms with Crippen LogP contribution in [0.15, 0.2) is 209 Å². The second-order valence-corrected chi connectivity index (χ2v) is 19.1. The van der Waals surface area contributed by atoms with Crippen molar-refractivity contribution in [1.29, 1.82) is 0 Å². The highest BCUT2D eigenvalue weighted by atomic mass is 16.1. The van der Waals surface area contributed by atoms with Crippen LogP contribution in [-0.2, 0) is 13.1 Å². The molecule has 1 atom stereocenters. The number of pyridine rings is 2. The number of anilines is 5. The predicted octanol–water partition coefficient (Wildman–Crippen LogP) is 16.5. The third-order valence-corrected chi connectivity index (χ3v) is 14.6. The first kappa shape index (κ1) is 44.8. The monoisotopic (exact) mass is 916 g/mol. The lowest BCUT2D eigenvalue weighted by atomic mass is 9.86. The highest BCUT2D eigenvalue weighted by Gasteiger charge is 2.25. The van der Waals surface area contributed by atoms with Gasteiger partial charge < -0.3 is 18.9 Å². The first-order valence-electron chi connectivity index (χ1n) is 25.5. The molecular weight excluding hydrogens is 857 g/mol. The van der Waals surface area contributed by atoms with E-state index in [9.17, 15) is 0 Å². The smallest absolute Gasteiger partial charge is 0.197 e. The molecule has 2 heterocycles. The van der Waals surface area contributed by atoms with E-state index in [1.54, 1.807) is 0 Å². The van der Waals surface area contributed by atoms with Crippen LogP contribution >= 0.6 is 0 Å². The molecule has 0 radical (unpaired) electrons. The molecule has 0 saturated carbocycles. The van der Waals surface area contributed by atoms with Crippen molar-refractivity contribution in [3.63, 3.8) is 0 Å². The molecule has 0 fully saturated rings. The summed E-state index contributed by atoms with van der Waals surface area (Å²) in [7, 11) is 0. The van der Waals surface area contributed by atoms with E-state index >= 15 is 9.59 Å². The Kier molecular flexibility index (Phi) is 12.6. The molecule has 2 aromatic heterocycles. The number of para-hydroxylation sites is 2. The fraction of sp³-hybridized carbons (Fsp3) is 0.219. The molecule has 0 bridgehead atoms. The van der Waals surface area contributed by atoms with Gasteiger partial charge in [0.25, 0.3) is 0 Å². The summed E-state index contributed by atoms with van der Waals surface area (Å²) in [5, 5.41) is 4.97. The van der Waals surface area contributed by atoms with Gasteiger partial charge in [-0.1, -0.05) is 149 Å². The molecule has 0 spiro atoms. The summed E-state index contributed by atoms with van der Waals surface area (Å²) in [5.41, 5.74) is 10.8. The number of benzene rings is 7. The summed E-state index contributed by atoms with van der Waals surface area (Å²) in [5.74, 6) is 0.295. The van der Waals surface area contributed by atoms with Crippen molar-refractivity contribution >= 4 is 82.8 Å². The van der Waals surface area contributed by atoms with Crippen molar-refractivity contribution in [2.45, 2.75) is 84.7 Å². The van der Waals surface area contributed by atoms with E-state index in [0.29, 0.717) is 27.5 Å². The van der Waals surface area contributed by atoms with Crippen molar-refractivity contribution in [3.05, 3.63) is 220 Å². The van der Waals surface area contributed by atoms with Crippen LogP contribution in [0.2, 0.25) is 0 Å². The van der Waals surface area contributed by atoms with Gasteiger partial charge in [0.05, 0.1) is 22.1 Å². The van der Waals surface area contributed by atoms with Gasteiger partial charge in [-0.2, -0.15) is 0 Å². The van der Waals surface area contributed by atoms with Crippen LogP contribution in [0.25, 0.3) is 54.4 Å². The summed E-state index contributed by atoms with van der Waals surface area (Å²) in [6.07, 6.45) is 22.7. The standard InChI is InChI=1S/C64H60N4O2/c1-3-5-7-19-37-65-59-35-33-53(67(49-25-11-9-12-26-49)51-31-29-45-21-15-17-23-47(45)39-51)41-55(59)63(69)57-44-62-58(43-61(57)65)64(70)56-42-54(34-36-60(56)66(62)38-20-8-6-4-2)68(50-27-13-10-14-28-50)52-32-30-46-22-16-18-24-48(46)40-52/h9-18,21-36,39,41-44,48H,3-8,19-20,37-38,40H2,1-2H3. The molecule has 1 unspecified atom stereocenters. The molecule has 0 amide bonds. The number of nitrogens with zero attached hydrogens (tertiary/aromatic N) is 4. The number of hydrogen-bond acceptors (Lipinski definition) is 4. The topological polar surface area (TPSA) is 50.5 Å².